The van der Waals surface area contributed by atoms with Gasteiger partial charge in [0.2, 0.25) is 10.0 Å². The second-order valence-electron chi connectivity index (χ2n) is 5.34. The Morgan fingerprint density at radius 3 is 2.71 bits per heavy atom. The first-order valence-electron chi connectivity index (χ1n) is 6.49. The molecule has 0 aromatic rings. The van der Waals surface area contributed by atoms with Crippen molar-refractivity contribution in [3.05, 3.63) is 0 Å². The molecule has 102 valence electrons. The largest absolute Gasteiger partial charge is 0.214 e. The van der Waals surface area contributed by atoms with Crippen LogP contribution in [0, 0.1) is 11.8 Å². The Bertz CT molecular complexity index is 314. The molecule has 1 rings (SSSR count). The fourth-order valence-corrected chi connectivity index (χ4v) is 4.70. The van der Waals surface area contributed by atoms with Gasteiger partial charge < -0.3 is 0 Å². The zero-order chi connectivity index (χ0) is 12.9. The van der Waals surface area contributed by atoms with E-state index in [9.17, 15) is 8.42 Å². The summed E-state index contributed by atoms with van der Waals surface area (Å²) in [7, 11) is -3.01. The lowest BCUT2D eigenvalue weighted by atomic mass is 9.97. The molecule has 1 heterocycles. The second kappa shape index (κ2) is 7.10. The monoisotopic (exact) mass is 325 g/mol. The fourth-order valence-electron chi connectivity index (χ4n) is 2.18. The number of alkyl halides is 1. The van der Waals surface area contributed by atoms with Crippen LogP contribution in [-0.4, -0.2) is 36.9 Å². The third-order valence-corrected chi connectivity index (χ3v) is 5.67. The van der Waals surface area contributed by atoms with Crippen molar-refractivity contribution >= 4 is 26.0 Å². The van der Waals surface area contributed by atoms with Crippen molar-refractivity contribution in [2.75, 3.05) is 24.2 Å². The maximum Gasteiger partial charge on any atom is 0.214 e. The summed E-state index contributed by atoms with van der Waals surface area (Å²) in [5.74, 6) is 1.30. The van der Waals surface area contributed by atoms with E-state index in [-0.39, 0.29) is 0 Å². The van der Waals surface area contributed by atoms with Crippen LogP contribution in [0.5, 0.6) is 0 Å². The van der Waals surface area contributed by atoms with Gasteiger partial charge in [-0.25, -0.2) is 12.7 Å². The van der Waals surface area contributed by atoms with Crippen LogP contribution in [0.1, 0.15) is 39.5 Å². The molecule has 1 unspecified atom stereocenters. The summed E-state index contributed by atoms with van der Waals surface area (Å²) in [5, 5.41) is 0.970. The lowest BCUT2D eigenvalue weighted by Crippen LogP contribution is -2.41. The molecule has 1 saturated heterocycles. The van der Waals surface area contributed by atoms with Crippen molar-refractivity contribution in [2.45, 2.75) is 39.5 Å². The van der Waals surface area contributed by atoms with Gasteiger partial charge in [0, 0.05) is 18.4 Å². The van der Waals surface area contributed by atoms with Crippen molar-refractivity contribution in [1.29, 1.82) is 0 Å². The van der Waals surface area contributed by atoms with Gasteiger partial charge in [-0.15, -0.1) is 0 Å². The predicted molar refractivity (Wildman–Crippen MR) is 75.9 cm³/mol. The molecule has 0 aliphatic carbocycles. The summed E-state index contributed by atoms with van der Waals surface area (Å²) < 4.78 is 26.0. The van der Waals surface area contributed by atoms with Crippen LogP contribution >= 0.6 is 15.9 Å². The highest BCUT2D eigenvalue weighted by Gasteiger charge is 2.28. The van der Waals surface area contributed by atoms with E-state index in [1.54, 1.807) is 4.31 Å². The van der Waals surface area contributed by atoms with Crippen molar-refractivity contribution in [1.82, 2.24) is 4.31 Å². The van der Waals surface area contributed by atoms with E-state index in [2.05, 4.69) is 29.8 Å². The van der Waals surface area contributed by atoms with Gasteiger partial charge >= 0.3 is 0 Å². The van der Waals surface area contributed by atoms with Crippen LogP contribution in [0.25, 0.3) is 0 Å². The smallest absolute Gasteiger partial charge is 0.212 e. The first kappa shape index (κ1) is 15.4. The standard InChI is InChI=1S/C12H24BrNO2S/c1-11(2)6-9-17(15,16)14-8-3-4-12(10-14)5-7-13/h11-12H,3-10H2,1-2H3. The van der Waals surface area contributed by atoms with Gasteiger partial charge in [-0.05, 0) is 37.5 Å². The Labute approximate surface area is 114 Å². The van der Waals surface area contributed by atoms with Gasteiger partial charge in [0.15, 0.2) is 0 Å². The summed E-state index contributed by atoms with van der Waals surface area (Å²) in [6.07, 6.45) is 4.03. The molecule has 5 heteroatoms. The van der Waals surface area contributed by atoms with Crippen molar-refractivity contribution in [3.63, 3.8) is 0 Å². The molecule has 1 atom stereocenters. The average Bonchev–Trinajstić information content (AvgIpc) is 2.27. The molecule has 17 heavy (non-hydrogen) atoms. The average molecular weight is 326 g/mol. The molecule has 0 aromatic carbocycles. The Morgan fingerprint density at radius 2 is 2.12 bits per heavy atom. The summed E-state index contributed by atoms with van der Waals surface area (Å²) >= 11 is 3.44. The highest BCUT2D eigenvalue weighted by molar-refractivity contribution is 9.09. The van der Waals surface area contributed by atoms with Gasteiger partial charge in [-0.1, -0.05) is 29.8 Å². The second-order valence-corrected chi connectivity index (χ2v) is 8.22. The lowest BCUT2D eigenvalue weighted by molar-refractivity contribution is 0.262. The van der Waals surface area contributed by atoms with E-state index in [1.807, 2.05) is 0 Å². The molecular formula is C12H24BrNO2S. The van der Waals surface area contributed by atoms with Crippen molar-refractivity contribution in [3.8, 4) is 0 Å². The molecule has 0 aromatic heterocycles. The Balaban J connectivity index is 2.52. The van der Waals surface area contributed by atoms with E-state index in [0.717, 1.165) is 37.7 Å². The van der Waals surface area contributed by atoms with Gasteiger partial charge in [0.05, 0.1) is 5.75 Å². The zero-order valence-electron chi connectivity index (χ0n) is 10.9. The summed E-state index contributed by atoms with van der Waals surface area (Å²) in [4.78, 5) is 0. The Kier molecular flexibility index (Phi) is 6.45. The molecule has 0 bridgehead atoms. The van der Waals surface area contributed by atoms with Gasteiger partial charge in [0.1, 0.15) is 0 Å². The summed E-state index contributed by atoms with van der Waals surface area (Å²) in [6, 6.07) is 0. The van der Waals surface area contributed by atoms with Crippen LogP contribution in [0.4, 0.5) is 0 Å². The topological polar surface area (TPSA) is 37.4 Å². The molecule has 1 fully saturated rings. The molecule has 3 nitrogen and oxygen atoms in total. The van der Waals surface area contributed by atoms with E-state index in [4.69, 9.17) is 0 Å². The molecule has 1 aliphatic heterocycles. The normalized spacial score (nSPS) is 23.2. The number of nitrogens with zero attached hydrogens (tertiary/aromatic N) is 1. The molecule has 0 spiro atoms. The minimum Gasteiger partial charge on any atom is -0.212 e. The Hall–Kier alpha value is 0.390. The van der Waals surface area contributed by atoms with Crippen molar-refractivity contribution in [2.24, 2.45) is 11.8 Å². The SMILES string of the molecule is CC(C)CCS(=O)(=O)N1CCCC(CCBr)C1. The minimum absolute atomic E-state index is 0.311. The quantitative estimate of drug-likeness (QED) is 0.704. The first-order valence-corrected chi connectivity index (χ1v) is 9.22. The number of piperidine rings is 1. The third-order valence-electron chi connectivity index (χ3n) is 3.35. The number of rotatable bonds is 6. The maximum atomic E-state index is 12.2. The minimum atomic E-state index is -3.01. The lowest BCUT2D eigenvalue weighted by Gasteiger charge is -2.31. The van der Waals surface area contributed by atoms with E-state index >= 15 is 0 Å². The van der Waals surface area contributed by atoms with Crippen LogP contribution in [0.2, 0.25) is 0 Å². The van der Waals surface area contributed by atoms with E-state index < -0.39 is 10.0 Å². The predicted octanol–water partition coefficient (Wildman–Crippen LogP) is 2.86. The van der Waals surface area contributed by atoms with Crippen LogP contribution in [0.3, 0.4) is 0 Å². The summed E-state index contributed by atoms with van der Waals surface area (Å²) in [6.45, 7) is 5.59. The third kappa shape index (κ3) is 5.26. The molecule has 0 amide bonds. The molecule has 0 saturated carbocycles. The first-order chi connectivity index (χ1) is 7.95. The van der Waals surface area contributed by atoms with Gasteiger partial charge in [-0.2, -0.15) is 0 Å². The number of hydrogen-bond acceptors (Lipinski definition) is 2. The molecule has 1 aliphatic rings. The zero-order valence-corrected chi connectivity index (χ0v) is 13.3. The molecular weight excluding hydrogens is 302 g/mol. The highest BCUT2D eigenvalue weighted by Crippen LogP contribution is 2.23. The maximum absolute atomic E-state index is 12.2. The molecule has 0 radical (unpaired) electrons. The van der Waals surface area contributed by atoms with Gasteiger partial charge in [-0.3, -0.25) is 0 Å². The number of sulfonamides is 1. The van der Waals surface area contributed by atoms with E-state index in [0.29, 0.717) is 17.6 Å². The molecule has 0 N–H and O–H groups in total. The fraction of sp³-hybridized carbons (Fsp3) is 1.00. The summed E-state index contributed by atoms with van der Waals surface area (Å²) in [5.41, 5.74) is 0. The highest BCUT2D eigenvalue weighted by atomic mass is 79.9. The van der Waals surface area contributed by atoms with Gasteiger partial charge in [0.25, 0.3) is 0 Å². The van der Waals surface area contributed by atoms with Crippen LogP contribution < -0.4 is 0 Å². The van der Waals surface area contributed by atoms with Crippen molar-refractivity contribution < 1.29 is 8.42 Å². The number of hydrogen-bond donors (Lipinski definition) is 0. The Morgan fingerprint density at radius 1 is 1.41 bits per heavy atom. The number of halogens is 1. The van der Waals surface area contributed by atoms with Crippen LogP contribution in [-0.2, 0) is 10.0 Å². The van der Waals surface area contributed by atoms with Crippen LogP contribution in [0.15, 0.2) is 0 Å². The van der Waals surface area contributed by atoms with E-state index in [1.165, 1.54) is 6.42 Å².